The van der Waals surface area contributed by atoms with Crippen molar-refractivity contribution in [3.63, 3.8) is 0 Å². The summed E-state index contributed by atoms with van der Waals surface area (Å²) >= 11 is 5.84. The Bertz CT molecular complexity index is 1180. The van der Waals surface area contributed by atoms with Gasteiger partial charge in [-0.1, -0.05) is 59.2 Å². The van der Waals surface area contributed by atoms with Crippen molar-refractivity contribution in [2.75, 3.05) is 0 Å². The van der Waals surface area contributed by atoms with Gasteiger partial charge >= 0.3 is 5.97 Å². The van der Waals surface area contributed by atoms with Crippen LogP contribution >= 0.6 is 11.6 Å². The third-order valence-electron chi connectivity index (χ3n) is 4.21. The number of benzene rings is 2. The lowest BCUT2D eigenvalue weighted by Gasteiger charge is -1.99. The zero-order chi connectivity index (χ0) is 20.9. The Morgan fingerprint density at radius 2 is 1.87 bits per heavy atom. The normalized spacial score (nSPS) is 11.1. The van der Waals surface area contributed by atoms with Crippen LogP contribution in [0.4, 0.5) is 0 Å². The van der Waals surface area contributed by atoms with Crippen LogP contribution in [0.15, 0.2) is 69.6 Å². The van der Waals surface area contributed by atoms with Gasteiger partial charge in [0.25, 0.3) is 11.8 Å². The number of rotatable bonds is 6. The Labute approximate surface area is 176 Å². The highest BCUT2D eigenvalue weighted by Gasteiger charge is 2.22. The SMILES string of the molecule is Cc1onc(-c2ccccc2)c1-c1nnc(COC(=O)/C=C/c2ccc(Cl)cc2)o1. The third kappa shape index (κ3) is 4.47. The van der Waals surface area contributed by atoms with Crippen LogP contribution in [0.1, 0.15) is 17.2 Å². The number of esters is 1. The topological polar surface area (TPSA) is 91.3 Å². The van der Waals surface area contributed by atoms with E-state index in [1.165, 1.54) is 6.08 Å². The number of hydrogen-bond acceptors (Lipinski definition) is 7. The van der Waals surface area contributed by atoms with Crippen LogP contribution in [0.5, 0.6) is 0 Å². The summed E-state index contributed by atoms with van der Waals surface area (Å²) in [6.45, 7) is 1.61. The first-order chi connectivity index (χ1) is 14.6. The van der Waals surface area contributed by atoms with E-state index in [4.69, 9.17) is 25.3 Å². The highest BCUT2D eigenvalue weighted by Crippen LogP contribution is 2.33. The first-order valence-electron chi connectivity index (χ1n) is 9.05. The van der Waals surface area contributed by atoms with Gasteiger partial charge in [-0.15, -0.1) is 10.2 Å². The highest BCUT2D eigenvalue weighted by atomic mass is 35.5. The fourth-order valence-corrected chi connectivity index (χ4v) is 2.88. The summed E-state index contributed by atoms with van der Waals surface area (Å²) in [5, 5.41) is 12.7. The van der Waals surface area contributed by atoms with E-state index in [1.807, 2.05) is 30.3 Å². The second-order valence-electron chi connectivity index (χ2n) is 6.32. The molecule has 2 aromatic heterocycles. The second kappa shape index (κ2) is 8.75. The average Bonchev–Trinajstić information content (AvgIpc) is 3.38. The quantitative estimate of drug-likeness (QED) is 0.315. The van der Waals surface area contributed by atoms with Gasteiger partial charge < -0.3 is 13.7 Å². The fourth-order valence-electron chi connectivity index (χ4n) is 2.75. The monoisotopic (exact) mass is 421 g/mol. The van der Waals surface area contributed by atoms with Gasteiger partial charge in [0.1, 0.15) is 17.0 Å². The van der Waals surface area contributed by atoms with Crippen LogP contribution in [0.2, 0.25) is 5.02 Å². The van der Waals surface area contributed by atoms with Crippen molar-refractivity contribution < 1.29 is 18.5 Å². The summed E-state index contributed by atoms with van der Waals surface area (Å²) in [6, 6.07) is 16.6. The predicted molar refractivity (Wildman–Crippen MR) is 110 cm³/mol. The Hall–Kier alpha value is -3.71. The molecule has 30 heavy (non-hydrogen) atoms. The Morgan fingerprint density at radius 1 is 1.10 bits per heavy atom. The zero-order valence-electron chi connectivity index (χ0n) is 15.9. The molecule has 0 aliphatic heterocycles. The molecule has 0 unspecified atom stereocenters. The molecule has 2 aromatic carbocycles. The van der Waals surface area contributed by atoms with Crippen LogP contribution in [-0.2, 0) is 16.1 Å². The zero-order valence-corrected chi connectivity index (χ0v) is 16.7. The number of halogens is 1. The van der Waals surface area contributed by atoms with Crippen LogP contribution in [-0.4, -0.2) is 21.3 Å². The van der Waals surface area contributed by atoms with Crippen LogP contribution in [0.3, 0.4) is 0 Å². The van der Waals surface area contributed by atoms with Gasteiger partial charge in [0.15, 0.2) is 6.61 Å². The van der Waals surface area contributed by atoms with Crippen molar-refractivity contribution in [1.82, 2.24) is 15.4 Å². The van der Waals surface area contributed by atoms with E-state index in [0.717, 1.165) is 11.1 Å². The molecule has 4 rings (SSSR count). The molecule has 8 heteroatoms. The molecule has 4 aromatic rings. The van der Waals surface area contributed by atoms with Crippen molar-refractivity contribution in [2.45, 2.75) is 13.5 Å². The minimum absolute atomic E-state index is 0.151. The van der Waals surface area contributed by atoms with Crippen molar-refractivity contribution in [3.05, 3.63) is 82.9 Å². The smallest absolute Gasteiger partial charge is 0.331 e. The average molecular weight is 422 g/mol. The number of carbonyl (C=O) groups is 1. The van der Waals surface area contributed by atoms with Gasteiger partial charge in [0.05, 0.1) is 0 Å². The maximum atomic E-state index is 11.9. The van der Waals surface area contributed by atoms with E-state index in [1.54, 1.807) is 37.3 Å². The molecular formula is C22H16ClN3O4. The fraction of sp³-hybridized carbons (Fsp3) is 0.0909. The molecule has 0 N–H and O–H groups in total. The summed E-state index contributed by atoms with van der Waals surface area (Å²) in [6.07, 6.45) is 2.95. The molecule has 0 saturated heterocycles. The van der Waals surface area contributed by atoms with Crippen molar-refractivity contribution in [3.8, 4) is 22.7 Å². The summed E-state index contributed by atoms with van der Waals surface area (Å²) in [7, 11) is 0. The van der Waals surface area contributed by atoms with E-state index >= 15 is 0 Å². The number of aryl methyl sites for hydroxylation is 1. The lowest BCUT2D eigenvalue weighted by Crippen LogP contribution is -2.00. The van der Waals surface area contributed by atoms with Gasteiger partial charge in [0, 0.05) is 16.7 Å². The molecule has 0 aliphatic rings. The maximum absolute atomic E-state index is 11.9. The molecule has 0 bridgehead atoms. The summed E-state index contributed by atoms with van der Waals surface area (Å²) in [5.74, 6) is 0.427. The van der Waals surface area contributed by atoms with E-state index in [9.17, 15) is 4.79 Å². The highest BCUT2D eigenvalue weighted by molar-refractivity contribution is 6.30. The van der Waals surface area contributed by atoms with E-state index in [0.29, 0.717) is 22.0 Å². The molecule has 0 spiro atoms. The first kappa shape index (κ1) is 19.6. The van der Waals surface area contributed by atoms with Gasteiger partial charge in [0.2, 0.25) is 0 Å². The first-order valence-corrected chi connectivity index (χ1v) is 9.43. The summed E-state index contributed by atoms with van der Waals surface area (Å²) < 4.78 is 16.1. The molecule has 7 nitrogen and oxygen atoms in total. The van der Waals surface area contributed by atoms with E-state index in [2.05, 4.69) is 15.4 Å². The lowest BCUT2D eigenvalue weighted by atomic mass is 10.1. The van der Waals surface area contributed by atoms with Crippen LogP contribution < -0.4 is 0 Å². The molecular weight excluding hydrogens is 406 g/mol. The number of nitrogens with zero attached hydrogens (tertiary/aromatic N) is 3. The minimum Gasteiger partial charge on any atom is -0.452 e. The molecule has 0 amide bonds. The van der Waals surface area contributed by atoms with E-state index in [-0.39, 0.29) is 18.4 Å². The lowest BCUT2D eigenvalue weighted by molar-refractivity contribution is -0.139. The largest absolute Gasteiger partial charge is 0.452 e. The number of ether oxygens (including phenoxy) is 1. The molecule has 0 fully saturated rings. The van der Waals surface area contributed by atoms with Crippen molar-refractivity contribution >= 4 is 23.6 Å². The van der Waals surface area contributed by atoms with Gasteiger partial charge in [-0.2, -0.15) is 0 Å². The minimum atomic E-state index is -0.532. The summed E-state index contributed by atoms with van der Waals surface area (Å²) in [5.41, 5.74) is 2.90. The molecule has 0 saturated carbocycles. The number of hydrogen-bond donors (Lipinski definition) is 0. The predicted octanol–water partition coefficient (Wildman–Crippen LogP) is 5.11. The Balaban J connectivity index is 1.43. The Kier molecular flexibility index (Phi) is 5.72. The molecule has 0 radical (unpaired) electrons. The second-order valence-corrected chi connectivity index (χ2v) is 6.76. The maximum Gasteiger partial charge on any atom is 0.331 e. The van der Waals surface area contributed by atoms with E-state index < -0.39 is 5.97 Å². The number of aromatic nitrogens is 3. The standard InChI is InChI=1S/C22H16ClN3O4/c1-14-20(21(26-30-14)16-5-3-2-4-6-16)22-25-24-18(29-22)13-28-19(27)12-9-15-7-10-17(23)11-8-15/h2-12H,13H2,1H3/b12-9+. The van der Waals surface area contributed by atoms with Crippen molar-refractivity contribution in [1.29, 1.82) is 0 Å². The van der Waals surface area contributed by atoms with Crippen LogP contribution in [0, 0.1) is 6.92 Å². The van der Waals surface area contributed by atoms with Gasteiger partial charge in [-0.3, -0.25) is 0 Å². The molecule has 150 valence electrons. The molecule has 2 heterocycles. The third-order valence-corrected chi connectivity index (χ3v) is 4.46. The summed E-state index contributed by atoms with van der Waals surface area (Å²) in [4.78, 5) is 11.9. The van der Waals surface area contributed by atoms with Crippen molar-refractivity contribution in [2.24, 2.45) is 0 Å². The van der Waals surface area contributed by atoms with Gasteiger partial charge in [-0.05, 0) is 30.7 Å². The molecule has 0 aliphatic carbocycles. The Morgan fingerprint density at radius 3 is 2.63 bits per heavy atom. The number of carbonyl (C=O) groups excluding carboxylic acids is 1. The van der Waals surface area contributed by atoms with Crippen LogP contribution in [0.25, 0.3) is 28.8 Å². The van der Waals surface area contributed by atoms with Gasteiger partial charge in [-0.25, -0.2) is 4.79 Å². The molecule has 0 atom stereocenters.